The van der Waals surface area contributed by atoms with Gasteiger partial charge in [0.15, 0.2) is 5.82 Å². The number of ether oxygens (including phenoxy) is 2. The SMILES string of the molecule is CC[C@@H](CCO[Si](c1ccccc1)(c1ccccc1)C(C)(C)C)Nc1nc(NC(=O)OC)nc2cnn(Cc3ccc(C(C)(C)N)cc3OC)c12. The predicted octanol–water partition coefficient (Wildman–Crippen LogP) is 6.41. The molecule has 2 aromatic heterocycles. The summed E-state index contributed by atoms with van der Waals surface area (Å²) in [4.78, 5) is 21.5. The van der Waals surface area contributed by atoms with Gasteiger partial charge in [0, 0.05) is 23.8 Å². The third-order valence-electron chi connectivity index (χ3n) is 9.27. The fraction of sp³-hybridized carbons (Fsp3) is 0.385. The lowest BCUT2D eigenvalue weighted by Gasteiger charge is -2.43. The molecular formula is C39H51N7O4Si. The van der Waals surface area contributed by atoms with E-state index >= 15 is 0 Å². The first kappa shape index (κ1) is 37.5. The van der Waals surface area contributed by atoms with Crippen molar-refractivity contribution in [2.24, 2.45) is 5.73 Å². The van der Waals surface area contributed by atoms with Gasteiger partial charge in [0.2, 0.25) is 5.95 Å². The van der Waals surface area contributed by atoms with E-state index in [4.69, 9.17) is 29.7 Å². The fourth-order valence-electron chi connectivity index (χ4n) is 6.54. The van der Waals surface area contributed by atoms with Gasteiger partial charge in [-0.05, 0) is 53.7 Å². The molecule has 0 radical (unpaired) electrons. The number of nitrogens with one attached hydrogen (secondary N) is 2. The van der Waals surface area contributed by atoms with Crippen LogP contribution in [0.1, 0.15) is 65.5 Å². The molecule has 51 heavy (non-hydrogen) atoms. The van der Waals surface area contributed by atoms with Crippen molar-refractivity contribution in [3.05, 3.63) is 96.2 Å². The van der Waals surface area contributed by atoms with Crippen LogP contribution >= 0.6 is 0 Å². The zero-order chi connectivity index (χ0) is 36.8. The normalized spacial score (nSPS) is 12.8. The Morgan fingerprint density at radius 3 is 2.14 bits per heavy atom. The molecular weight excluding hydrogens is 659 g/mol. The molecule has 5 aromatic rings. The molecule has 0 spiro atoms. The molecule has 0 saturated heterocycles. The maximum atomic E-state index is 12.2. The van der Waals surface area contributed by atoms with E-state index in [-0.39, 0.29) is 17.0 Å². The summed E-state index contributed by atoms with van der Waals surface area (Å²) in [5.41, 5.74) is 9.00. The van der Waals surface area contributed by atoms with Gasteiger partial charge in [-0.25, -0.2) is 9.78 Å². The highest BCUT2D eigenvalue weighted by atomic mass is 28.4. The van der Waals surface area contributed by atoms with Gasteiger partial charge in [0.1, 0.15) is 16.8 Å². The largest absolute Gasteiger partial charge is 0.496 e. The average Bonchev–Trinajstić information content (AvgIpc) is 3.51. The number of nitrogens with two attached hydrogens (primary N) is 1. The number of hydrogen-bond acceptors (Lipinski definition) is 9. The second-order valence-corrected chi connectivity index (χ2v) is 18.7. The summed E-state index contributed by atoms with van der Waals surface area (Å²) in [5.74, 6) is 1.36. The van der Waals surface area contributed by atoms with E-state index in [2.05, 4.69) is 104 Å². The number of nitrogens with zero attached hydrogens (tertiary/aromatic N) is 4. The molecule has 0 fully saturated rings. The molecule has 1 amide bonds. The highest BCUT2D eigenvalue weighted by Crippen LogP contribution is 2.37. The third-order valence-corrected chi connectivity index (χ3v) is 14.3. The minimum Gasteiger partial charge on any atom is -0.496 e. The topological polar surface area (TPSA) is 138 Å². The smallest absolute Gasteiger partial charge is 0.413 e. The molecule has 2 heterocycles. The molecule has 0 aliphatic carbocycles. The zero-order valence-corrected chi connectivity index (χ0v) is 32.0. The molecule has 1 atom stereocenters. The number of fused-ring (bicyclic) bond motifs is 1. The standard InChI is InChI=1S/C39H51N7O4Si/c1-9-29(22-23-50-51(38(2,3)4,30-16-12-10-13-17-30)31-18-14-11-15-19-31)42-35-34-32(43-36(44-35)45-37(47)49-8)25-41-46(34)26-27-20-21-28(39(5,6)40)24-33(27)48-7/h10-21,24-25,29H,9,22-23,26,40H2,1-8H3,(H2,42,43,44,45,47)/t29-/m0/s1. The number of methoxy groups -OCH3 is 2. The predicted molar refractivity (Wildman–Crippen MR) is 207 cm³/mol. The second-order valence-electron chi connectivity index (χ2n) is 14.3. The maximum absolute atomic E-state index is 12.2. The Morgan fingerprint density at radius 2 is 1.59 bits per heavy atom. The van der Waals surface area contributed by atoms with Crippen LogP contribution in [0.15, 0.2) is 85.1 Å². The van der Waals surface area contributed by atoms with E-state index in [1.165, 1.54) is 17.5 Å². The maximum Gasteiger partial charge on any atom is 0.413 e. The van der Waals surface area contributed by atoms with Crippen molar-refractivity contribution >= 4 is 47.6 Å². The van der Waals surface area contributed by atoms with Gasteiger partial charge < -0.3 is 25.0 Å². The van der Waals surface area contributed by atoms with E-state index in [0.29, 0.717) is 42.2 Å². The number of amides is 1. The molecule has 5 rings (SSSR count). The number of aromatic nitrogens is 4. The first-order valence-electron chi connectivity index (χ1n) is 17.4. The van der Waals surface area contributed by atoms with Gasteiger partial charge in [-0.3, -0.25) is 10.00 Å². The Hall–Kier alpha value is -4.78. The van der Waals surface area contributed by atoms with Crippen molar-refractivity contribution in [2.45, 2.75) is 77.5 Å². The molecule has 12 heteroatoms. The molecule has 0 bridgehead atoms. The van der Waals surface area contributed by atoms with Gasteiger partial charge in [0.25, 0.3) is 8.32 Å². The van der Waals surface area contributed by atoms with Crippen molar-refractivity contribution < 1.29 is 18.7 Å². The number of carbonyl (C=O) groups is 1. The zero-order valence-electron chi connectivity index (χ0n) is 31.0. The van der Waals surface area contributed by atoms with E-state index in [1.54, 1.807) is 13.3 Å². The second kappa shape index (κ2) is 15.6. The van der Waals surface area contributed by atoms with E-state index < -0.39 is 19.9 Å². The number of anilines is 2. The van der Waals surface area contributed by atoms with Gasteiger partial charge in [-0.2, -0.15) is 10.1 Å². The molecule has 11 nitrogen and oxygen atoms in total. The summed E-state index contributed by atoms with van der Waals surface area (Å²) in [7, 11) is 0.236. The van der Waals surface area contributed by atoms with Crippen LogP contribution in [0, 0.1) is 0 Å². The van der Waals surface area contributed by atoms with Crippen molar-refractivity contribution in [2.75, 3.05) is 31.5 Å². The lowest BCUT2D eigenvalue weighted by atomic mass is 9.94. The number of rotatable bonds is 14. The average molecular weight is 710 g/mol. The van der Waals surface area contributed by atoms with Crippen LogP contribution in [-0.4, -0.2) is 61.0 Å². The first-order chi connectivity index (χ1) is 24.3. The molecule has 0 aliphatic heterocycles. The van der Waals surface area contributed by atoms with E-state index in [0.717, 1.165) is 17.5 Å². The number of benzene rings is 3. The lowest BCUT2D eigenvalue weighted by molar-refractivity contribution is 0.186. The summed E-state index contributed by atoms with van der Waals surface area (Å²) < 4.78 is 19.7. The lowest BCUT2D eigenvalue weighted by Crippen LogP contribution is -2.66. The summed E-state index contributed by atoms with van der Waals surface area (Å²) >= 11 is 0. The number of hydrogen-bond donors (Lipinski definition) is 3. The fourth-order valence-corrected chi connectivity index (χ4v) is 11.1. The van der Waals surface area contributed by atoms with Crippen LogP contribution < -0.4 is 31.5 Å². The quantitative estimate of drug-likeness (QED) is 0.112. The van der Waals surface area contributed by atoms with Crippen molar-refractivity contribution in [3.8, 4) is 5.75 Å². The summed E-state index contributed by atoms with van der Waals surface area (Å²) in [6.45, 7) is 13.8. The molecule has 0 aliphatic rings. The summed E-state index contributed by atoms with van der Waals surface area (Å²) in [6, 6.07) is 27.3. The van der Waals surface area contributed by atoms with Crippen LogP contribution in [-0.2, 0) is 21.2 Å². The van der Waals surface area contributed by atoms with Crippen molar-refractivity contribution in [1.82, 2.24) is 19.7 Å². The minimum atomic E-state index is -2.71. The third kappa shape index (κ3) is 8.24. The Labute approximate surface area is 302 Å². The molecule has 0 saturated carbocycles. The Morgan fingerprint density at radius 1 is 0.941 bits per heavy atom. The van der Waals surface area contributed by atoms with E-state index in [1.807, 2.05) is 36.7 Å². The van der Waals surface area contributed by atoms with E-state index in [9.17, 15) is 4.79 Å². The monoisotopic (exact) mass is 709 g/mol. The van der Waals surface area contributed by atoms with Gasteiger partial charge in [-0.1, -0.05) is 100 Å². The first-order valence-corrected chi connectivity index (χ1v) is 19.3. The van der Waals surface area contributed by atoms with Crippen LogP contribution in [0.5, 0.6) is 5.75 Å². The Bertz CT molecular complexity index is 1880. The van der Waals surface area contributed by atoms with Crippen LogP contribution in [0.4, 0.5) is 16.6 Å². The highest BCUT2D eigenvalue weighted by molar-refractivity contribution is 6.99. The molecule has 3 aromatic carbocycles. The van der Waals surface area contributed by atoms with Gasteiger partial charge >= 0.3 is 6.09 Å². The Balaban J connectivity index is 1.47. The molecule has 4 N–H and O–H groups in total. The Kier molecular flexibility index (Phi) is 11.5. The summed E-state index contributed by atoms with van der Waals surface area (Å²) in [5, 5.41) is 13.3. The summed E-state index contributed by atoms with van der Waals surface area (Å²) in [6.07, 6.45) is 2.52. The van der Waals surface area contributed by atoms with Gasteiger partial charge in [-0.15, -0.1) is 0 Å². The van der Waals surface area contributed by atoms with Crippen LogP contribution in [0.2, 0.25) is 5.04 Å². The van der Waals surface area contributed by atoms with Crippen LogP contribution in [0.25, 0.3) is 11.0 Å². The van der Waals surface area contributed by atoms with Crippen molar-refractivity contribution in [3.63, 3.8) is 0 Å². The van der Waals surface area contributed by atoms with Gasteiger partial charge in [0.05, 0.1) is 27.0 Å². The minimum absolute atomic E-state index is 0.0174. The molecule has 270 valence electrons. The van der Waals surface area contributed by atoms with Crippen molar-refractivity contribution in [1.29, 1.82) is 0 Å². The highest BCUT2D eigenvalue weighted by Gasteiger charge is 2.50. The van der Waals surface area contributed by atoms with Crippen LogP contribution in [0.3, 0.4) is 0 Å². The molecule has 0 unspecified atom stereocenters. The number of carbonyl (C=O) groups excluding carboxylic acids is 1.